The van der Waals surface area contributed by atoms with E-state index in [1.54, 1.807) is 12.1 Å². The third kappa shape index (κ3) is 3.61. The normalized spacial score (nSPS) is 12.2. The summed E-state index contributed by atoms with van der Waals surface area (Å²) in [4.78, 5) is 27.1. The Kier molecular flexibility index (Phi) is 4.26. The summed E-state index contributed by atoms with van der Waals surface area (Å²) < 4.78 is 0. The average molecular weight is 431 g/mol. The standard InChI is InChI=1S/C26H17N5O2/c32-31(33)23-9-1-16(2-10-23)26-24-11-7-21(29-24)14-19-5-3-17(27-19)13-18-4-6-20(28-18)15-22-8-12-25(26)30-22/h1-15,27,30H. The molecule has 33 heavy (non-hydrogen) atoms. The topological polar surface area (TPSA) is 100 Å². The fourth-order valence-corrected chi connectivity index (χ4v) is 4.06. The predicted molar refractivity (Wildman–Crippen MR) is 131 cm³/mol. The Morgan fingerprint density at radius 2 is 1.24 bits per heavy atom. The maximum absolute atomic E-state index is 11.1. The zero-order valence-corrected chi connectivity index (χ0v) is 17.3. The minimum Gasteiger partial charge on any atom is -0.355 e. The summed E-state index contributed by atoms with van der Waals surface area (Å²) in [6.07, 6.45) is 7.89. The van der Waals surface area contributed by atoms with Gasteiger partial charge < -0.3 is 9.97 Å². The number of rotatable bonds is 2. The number of nitro groups is 1. The van der Waals surface area contributed by atoms with Crippen LogP contribution in [-0.4, -0.2) is 24.9 Å². The second-order valence-corrected chi connectivity index (χ2v) is 7.86. The number of hydrogen-bond acceptors (Lipinski definition) is 4. The van der Waals surface area contributed by atoms with Crippen molar-refractivity contribution in [2.24, 2.45) is 0 Å². The molecule has 0 aliphatic carbocycles. The Hall–Kier alpha value is -4.78. The average Bonchev–Trinajstić information content (AvgIpc) is 3.60. The summed E-state index contributed by atoms with van der Waals surface area (Å²) in [5.41, 5.74) is 8.76. The molecule has 1 aromatic carbocycles. The monoisotopic (exact) mass is 431 g/mol. The van der Waals surface area contributed by atoms with Gasteiger partial charge in [-0.1, -0.05) is 0 Å². The highest BCUT2D eigenvalue weighted by atomic mass is 16.6. The molecule has 2 aliphatic heterocycles. The van der Waals surface area contributed by atoms with Crippen LogP contribution in [0.3, 0.4) is 0 Å². The number of H-pyrrole nitrogens is 2. The summed E-state index contributed by atoms with van der Waals surface area (Å²) in [7, 11) is 0. The summed E-state index contributed by atoms with van der Waals surface area (Å²) in [5.74, 6) is 0. The SMILES string of the molecule is O=[N+]([O-])c1ccc(-c2c3nc(cc4ccc(cc5nc(cc6ccc2[nH]6)C=C5)[nH]4)C=C3)cc1. The van der Waals surface area contributed by atoms with Gasteiger partial charge in [0.25, 0.3) is 5.69 Å². The van der Waals surface area contributed by atoms with Crippen molar-refractivity contribution in [2.75, 3.05) is 0 Å². The molecule has 0 saturated heterocycles. The van der Waals surface area contributed by atoms with Gasteiger partial charge in [-0.3, -0.25) is 10.1 Å². The first-order valence-corrected chi connectivity index (χ1v) is 10.4. The van der Waals surface area contributed by atoms with Crippen LogP contribution in [0.1, 0.15) is 22.8 Å². The van der Waals surface area contributed by atoms with Crippen LogP contribution in [0.2, 0.25) is 0 Å². The molecule has 0 saturated carbocycles. The second-order valence-electron chi connectivity index (χ2n) is 7.86. The molecule has 2 N–H and O–H groups in total. The van der Waals surface area contributed by atoms with Gasteiger partial charge in [0, 0.05) is 39.8 Å². The molecule has 2 aliphatic rings. The van der Waals surface area contributed by atoms with Crippen molar-refractivity contribution >= 4 is 52.1 Å². The van der Waals surface area contributed by atoms with Gasteiger partial charge >= 0.3 is 0 Å². The lowest BCUT2D eigenvalue weighted by molar-refractivity contribution is -0.384. The van der Waals surface area contributed by atoms with E-state index in [0.717, 1.165) is 56.0 Å². The Morgan fingerprint density at radius 3 is 1.91 bits per heavy atom. The third-order valence-electron chi connectivity index (χ3n) is 5.59. The van der Waals surface area contributed by atoms with E-state index in [4.69, 9.17) is 4.98 Å². The van der Waals surface area contributed by atoms with Crippen LogP contribution in [0.5, 0.6) is 0 Å². The molecule has 0 radical (unpaired) electrons. The Balaban J connectivity index is 1.67. The minimum atomic E-state index is -0.397. The van der Waals surface area contributed by atoms with Crippen LogP contribution >= 0.6 is 0 Å². The quantitative estimate of drug-likeness (QED) is 0.251. The number of hydrogen-bond donors (Lipinski definition) is 2. The molecule has 7 nitrogen and oxygen atoms in total. The molecule has 4 aromatic rings. The van der Waals surface area contributed by atoms with Crippen LogP contribution in [0.4, 0.5) is 5.69 Å². The second kappa shape index (κ2) is 7.42. The Bertz CT molecular complexity index is 1640. The smallest absolute Gasteiger partial charge is 0.269 e. The van der Waals surface area contributed by atoms with Gasteiger partial charge in [0.2, 0.25) is 0 Å². The molecule has 0 fully saturated rings. The number of non-ortho nitro benzene ring substituents is 1. The van der Waals surface area contributed by atoms with E-state index in [-0.39, 0.29) is 5.69 Å². The van der Waals surface area contributed by atoms with Crippen LogP contribution < -0.4 is 0 Å². The summed E-state index contributed by atoms with van der Waals surface area (Å²) >= 11 is 0. The first-order valence-electron chi connectivity index (χ1n) is 10.4. The third-order valence-corrected chi connectivity index (χ3v) is 5.59. The number of nitrogens with zero attached hydrogens (tertiary/aromatic N) is 3. The lowest BCUT2D eigenvalue weighted by Crippen LogP contribution is -1.89. The van der Waals surface area contributed by atoms with Crippen molar-refractivity contribution in [3.63, 3.8) is 0 Å². The number of benzene rings is 1. The van der Waals surface area contributed by atoms with Crippen LogP contribution in [0.25, 0.3) is 57.5 Å². The Morgan fingerprint density at radius 1 is 0.667 bits per heavy atom. The van der Waals surface area contributed by atoms with E-state index in [0.29, 0.717) is 0 Å². The van der Waals surface area contributed by atoms with Crippen LogP contribution in [0.15, 0.2) is 66.7 Å². The molecule has 0 spiro atoms. The van der Waals surface area contributed by atoms with Gasteiger partial charge in [0.05, 0.1) is 27.7 Å². The summed E-state index contributed by atoms with van der Waals surface area (Å²) in [5, 5.41) is 11.1. The van der Waals surface area contributed by atoms with E-state index in [1.165, 1.54) is 12.1 Å². The highest BCUT2D eigenvalue weighted by Crippen LogP contribution is 2.31. The molecule has 158 valence electrons. The van der Waals surface area contributed by atoms with Crippen molar-refractivity contribution < 1.29 is 4.92 Å². The van der Waals surface area contributed by atoms with Crippen molar-refractivity contribution in [1.82, 2.24) is 19.9 Å². The van der Waals surface area contributed by atoms with Crippen LogP contribution in [-0.2, 0) is 0 Å². The molecular formula is C26H17N5O2. The zero-order valence-electron chi connectivity index (χ0n) is 17.3. The molecule has 0 amide bonds. The first kappa shape index (κ1) is 18.9. The van der Waals surface area contributed by atoms with Crippen molar-refractivity contribution in [3.8, 4) is 11.1 Å². The van der Waals surface area contributed by atoms with E-state index in [2.05, 4.69) is 15.0 Å². The number of aromatic amines is 2. The molecule has 3 aromatic heterocycles. The maximum atomic E-state index is 11.1. The largest absolute Gasteiger partial charge is 0.355 e. The molecule has 6 rings (SSSR count). The highest BCUT2D eigenvalue weighted by Gasteiger charge is 2.12. The van der Waals surface area contributed by atoms with E-state index in [1.807, 2.05) is 66.8 Å². The Labute approximate surface area is 188 Å². The van der Waals surface area contributed by atoms with Gasteiger partial charge in [0.15, 0.2) is 0 Å². The number of aromatic nitrogens is 4. The zero-order chi connectivity index (χ0) is 22.4. The van der Waals surface area contributed by atoms with Gasteiger partial charge in [-0.2, -0.15) is 0 Å². The minimum absolute atomic E-state index is 0.0509. The molecule has 7 heteroatoms. The first-order chi connectivity index (χ1) is 16.1. The molecular weight excluding hydrogens is 414 g/mol. The summed E-state index contributed by atoms with van der Waals surface area (Å²) in [6.45, 7) is 0. The number of nitrogens with one attached hydrogen (secondary N) is 2. The van der Waals surface area contributed by atoms with Crippen molar-refractivity contribution in [2.45, 2.75) is 0 Å². The van der Waals surface area contributed by atoms with Crippen LogP contribution in [0, 0.1) is 10.1 Å². The van der Waals surface area contributed by atoms with Crippen molar-refractivity contribution in [1.29, 1.82) is 0 Å². The fourth-order valence-electron chi connectivity index (χ4n) is 4.06. The number of nitro benzene ring substituents is 1. The van der Waals surface area contributed by atoms with E-state index < -0.39 is 4.92 Å². The van der Waals surface area contributed by atoms with Gasteiger partial charge in [-0.05, 0) is 84.5 Å². The summed E-state index contributed by atoms with van der Waals surface area (Å²) in [6, 6.07) is 20.5. The molecule has 8 bridgehead atoms. The molecule has 5 heterocycles. The molecule has 0 atom stereocenters. The molecule has 0 unspecified atom stereocenters. The predicted octanol–water partition coefficient (Wildman–Crippen LogP) is 6.23. The van der Waals surface area contributed by atoms with Gasteiger partial charge in [-0.25, -0.2) is 9.97 Å². The number of fused-ring (bicyclic) bond motifs is 8. The lowest BCUT2D eigenvalue weighted by atomic mass is 10.0. The van der Waals surface area contributed by atoms with Gasteiger partial charge in [-0.15, -0.1) is 0 Å². The van der Waals surface area contributed by atoms with Crippen molar-refractivity contribution in [3.05, 3.63) is 99.6 Å². The fraction of sp³-hybridized carbons (Fsp3) is 0. The van der Waals surface area contributed by atoms with Gasteiger partial charge in [0.1, 0.15) is 0 Å². The highest BCUT2D eigenvalue weighted by molar-refractivity contribution is 5.91. The maximum Gasteiger partial charge on any atom is 0.269 e. The van der Waals surface area contributed by atoms with E-state index in [9.17, 15) is 10.1 Å². The van der Waals surface area contributed by atoms with E-state index >= 15 is 0 Å². The lowest BCUT2D eigenvalue weighted by Gasteiger charge is -2.03.